The summed E-state index contributed by atoms with van der Waals surface area (Å²) in [5.41, 5.74) is 0.706. The molecular weight excluding hydrogens is 274 g/mol. The number of non-ortho nitro benzene ring substituents is 1. The van der Waals surface area contributed by atoms with Crippen molar-refractivity contribution in [2.45, 2.75) is 20.4 Å². The molecule has 0 aromatic heterocycles. The Hall–Kier alpha value is -2.15. The topological polar surface area (TPSA) is 84.7 Å². The predicted molar refractivity (Wildman–Crippen MR) is 79.3 cm³/mol. The molecule has 0 fully saturated rings. The Kier molecular flexibility index (Phi) is 6.61. The van der Waals surface area contributed by atoms with Crippen LogP contribution in [0.4, 0.5) is 5.69 Å². The van der Waals surface area contributed by atoms with Gasteiger partial charge in [0.15, 0.2) is 0 Å². The van der Waals surface area contributed by atoms with Crippen molar-refractivity contribution in [3.63, 3.8) is 0 Å². The van der Waals surface area contributed by atoms with Crippen LogP contribution in [0.15, 0.2) is 18.2 Å². The molecule has 1 amide bonds. The molecule has 1 N–H and O–H groups in total. The van der Waals surface area contributed by atoms with Gasteiger partial charge in [0, 0.05) is 30.8 Å². The Morgan fingerprint density at radius 1 is 1.43 bits per heavy atom. The summed E-state index contributed by atoms with van der Waals surface area (Å²) in [7, 11) is 1.52. The Morgan fingerprint density at radius 2 is 2.14 bits per heavy atom. The van der Waals surface area contributed by atoms with E-state index in [1.54, 1.807) is 6.07 Å². The van der Waals surface area contributed by atoms with Crippen molar-refractivity contribution in [1.82, 2.24) is 10.2 Å². The number of benzene rings is 1. The first-order chi connectivity index (χ1) is 10.0. The van der Waals surface area contributed by atoms with Crippen molar-refractivity contribution in [2.24, 2.45) is 0 Å². The van der Waals surface area contributed by atoms with Crippen LogP contribution in [0.2, 0.25) is 0 Å². The van der Waals surface area contributed by atoms with Crippen molar-refractivity contribution in [3.05, 3.63) is 33.9 Å². The van der Waals surface area contributed by atoms with E-state index >= 15 is 0 Å². The van der Waals surface area contributed by atoms with Crippen molar-refractivity contribution >= 4 is 11.6 Å². The molecule has 0 saturated heterocycles. The van der Waals surface area contributed by atoms with Gasteiger partial charge in [-0.3, -0.25) is 19.8 Å². The lowest BCUT2D eigenvalue weighted by atomic mass is 10.1. The molecule has 0 aliphatic rings. The van der Waals surface area contributed by atoms with Gasteiger partial charge < -0.3 is 10.1 Å². The van der Waals surface area contributed by atoms with E-state index in [0.717, 1.165) is 0 Å². The maximum Gasteiger partial charge on any atom is 0.270 e. The van der Waals surface area contributed by atoms with Crippen LogP contribution in [0, 0.1) is 10.1 Å². The minimum atomic E-state index is -0.441. The first-order valence-corrected chi connectivity index (χ1v) is 6.82. The van der Waals surface area contributed by atoms with Crippen LogP contribution >= 0.6 is 0 Å². The highest BCUT2D eigenvalue weighted by Gasteiger charge is 2.15. The molecule has 0 saturated carbocycles. The zero-order valence-electron chi connectivity index (χ0n) is 12.6. The van der Waals surface area contributed by atoms with Crippen LogP contribution in [0.3, 0.4) is 0 Å². The number of likely N-dealkylation sites (N-methyl/N-ethyl adjacent to an activating group) is 2. The number of nitro groups is 1. The summed E-state index contributed by atoms with van der Waals surface area (Å²) in [5, 5.41) is 13.6. The second-order valence-corrected chi connectivity index (χ2v) is 4.51. The molecule has 21 heavy (non-hydrogen) atoms. The molecule has 7 heteroatoms. The lowest BCUT2D eigenvalue weighted by Gasteiger charge is -2.20. The Bertz CT molecular complexity index is 505. The maximum absolute atomic E-state index is 11.6. The largest absolute Gasteiger partial charge is 0.496 e. The number of carbonyl (C=O) groups excluding carboxylic acids is 1. The second-order valence-electron chi connectivity index (χ2n) is 4.51. The summed E-state index contributed by atoms with van der Waals surface area (Å²) >= 11 is 0. The lowest BCUT2D eigenvalue weighted by molar-refractivity contribution is -0.384. The summed E-state index contributed by atoms with van der Waals surface area (Å²) in [6, 6.07) is 4.47. The highest BCUT2D eigenvalue weighted by molar-refractivity contribution is 5.77. The van der Waals surface area contributed by atoms with E-state index in [0.29, 0.717) is 30.9 Å². The molecule has 0 unspecified atom stereocenters. The zero-order valence-corrected chi connectivity index (χ0v) is 12.6. The summed E-state index contributed by atoms with van der Waals surface area (Å²) in [6.45, 7) is 5.69. The van der Waals surface area contributed by atoms with Crippen molar-refractivity contribution in [2.75, 3.05) is 26.7 Å². The summed E-state index contributed by atoms with van der Waals surface area (Å²) in [5.74, 6) is 0.513. The third-order valence-corrected chi connectivity index (χ3v) is 3.06. The average Bonchev–Trinajstić information content (AvgIpc) is 2.46. The molecule has 116 valence electrons. The minimum absolute atomic E-state index is 0.0138. The van der Waals surface area contributed by atoms with Crippen LogP contribution in [0.25, 0.3) is 0 Å². The molecule has 1 aromatic rings. The maximum atomic E-state index is 11.6. The molecule has 0 radical (unpaired) electrons. The van der Waals surface area contributed by atoms with Crippen LogP contribution in [-0.4, -0.2) is 42.5 Å². The number of hydrogen-bond donors (Lipinski definition) is 1. The second kappa shape index (κ2) is 8.21. The molecular formula is C14H21N3O4. The third-order valence-electron chi connectivity index (χ3n) is 3.06. The predicted octanol–water partition coefficient (Wildman–Crippen LogP) is 1.56. The molecule has 0 atom stereocenters. The first kappa shape index (κ1) is 16.9. The van der Waals surface area contributed by atoms with Gasteiger partial charge in [0.2, 0.25) is 5.91 Å². The number of nitro benzene ring substituents is 1. The van der Waals surface area contributed by atoms with Crippen LogP contribution in [0.5, 0.6) is 5.75 Å². The normalized spacial score (nSPS) is 10.5. The first-order valence-electron chi connectivity index (χ1n) is 6.82. The molecule has 0 bridgehead atoms. The van der Waals surface area contributed by atoms with Gasteiger partial charge in [0.05, 0.1) is 18.6 Å². The van der Waals surface area contributed by atoms with Gasteiger partial charge >= 0.3 is 0 Å². The van der Waals surface area contributed by atoms with Crippen LogP contribution in [-0.2, 0) is 11.3 Å². The number of nitrogens with one attached hydrogen (secondary N) is 1. The van der Waals surface area contributed by atoms with Crippen molar-refractivity contribution in [1.29, 1.82) is 0 Å². The van der Waals surface area contributed by atoms with E-state index in [4.69, 9.17) is 4.74 Å². The van der Waals surface area contributed by atoms with Gasteiger partial charge in [-0.1, -0.05) is 6.92 Å². The van der Waals surface area contributed by atoms with E-state index in [-0.39, 0.29) is 18.1 Å². The third kappa shape index (κ3) is 5.03. The van der Waals surface area contributed by atoms with Crippen molar-refractivity contribution < 1.29 is 14.5 Å². The smallest absolute Gasteiger partial charge is 0.270 e. The molecule has 1 rings (SSSR count). The number of ether oxygens (including phenoxy) is 1. The molecule has 1 aromatic carbocycles. The number of amides is 1. The van der Waals surface area contributed by atoms with E-state index in [1.165, 1.54) is 19.2 Å². The van der Waals surface area contributed by atoms with Gasteiger partial charge in [-0.2, -0.15) is 0 Å². The fourth-order valence-corrected chi connectivity index (χ4v) is 1.98. The number of carbonyl (C=O) groups is 1. The number of hydrogen-bond acceptors (Lipinski definition) is 5. The number of methoxy groups -OCH3 is 1. The van der Waals surface area contributed by atoms with Gasteiger partial charge in [-0.05, 0) is 19.5 Å². The molecule has 7 nitrogen and oxygen atoms in total. The standard InChI is InChI=1S/C14H21N3O4/c1-4-15-14(18)10-16(5-2)9-11-8-12(17(19)20)6-7-13(11)21-3/h6-8H,4-5,9-10H2,1-3H3,(H,15,18). The Balaban J connectivity index is 2.89. The summed E-state index contributed by atoms with van der Waals surface area (Å²) in [6.07, 6.45) is 0. The summed E-state index contributed by atoms with van der Waals surface area (Å²) in [4.78, 5) is 24.0. The van der Waals surface area contributed by atoms with Crippen LogP contribution in [0.1, 0.15) is 19.4 Å². The highest BCUT2D eigenvalue weighted by Crippen LogP contribution is 2.25. The van der Waals surface area contributed by atoms with Gasteiger partial charge in [-0.15, -0.1) is 0 Å². The van der Waals surface area contributed by atoms with Gasteiger partial charge in [-0.25, -0.2) is 0 Å². The van der Waals surface area contributed by atoms with E-state index in [1.807, 2.05) is 18.7 Å². The van der Waals surface area contributed by atoms with E-state index in [9.17, 15) is 14.9 Å². The minimum Gasteiger partial charge on any atom is -0.496 e. The Labute approximate surface area is 124 Å². The monoisotopic (exact) mass is 295 g/mol. The van der Waals surface area contributed by atoms with Gasteiger partial charge in [0.1, 0.15) is 5.75 Å². The highest BCUT2D eigenvalue weighted by atomic mass is 16.6. The SMILES string of the molecule is CCNC(=O)CN(CC)Cc1cc([N+](=O)[O-])ccc1OC. The van der Waals surface area contributed by atoms with Crippen LogP contribution < -0.4 is 10.1 Å². The Morgan fingerprint density at radius 3 is 2.67 bits per heavy atom. The number of nitrogens with zero attached hydrogens (tertiary/aromatic N) is 2. The average molecular weight is 295 g/mol. The van der Waals surface area contributed by atoms with Crippen molar-refractivity contribution in [3.8, 4) is 5.75 Å². The molecule has 0 heterocycles. The molecule has 0 aliphatic heterocycles. The fourth-order valence-electron chi connectivity index (χ4n) is 1.98. The molecule has 0 aliphatic carbocycles. The molecule has 0 spiro atoms. The van der Waals surface area contributed by atoms with E-state index < -0.39 is 4.92 Å². The quantitative estimate of drug-likeness (QED) is 0.581. The number of rotatable bonds is 8. The van der Waals surface area contributed by atoms with Gasteiger partial charge in [0.25, 0.3) is 5.69 Å². The fraction of sp³-hybridized carbons (Fsp3) is 0.500. The zero-order chi connectivity index (χ0) is 15.8. The van der Waals surface area contributed by atoms with E-state index in [2.05, 4.69) is 5.32 Å². The summed E-state index contributed by atoms with van der Waals surface area (Å²) < 4.78 is 5.23. The lowest BCUT2D eigenvalue weighted by Crippen LogP contribution is -2.36.